The number of carbonyl (C=O) groups is 2. The quantitative estimate of drug-likeness (QED) is 0.886. The third kappa shape index (κ3) is 3.68. The van der Waals surface area contributed by atoms with E-state index in [0.717, 1.165) is 22.8 Å². The Bertz CT molecular complexity index is 722. The van der Waals surface area contributed by atoms with Gasteiger partial charge in [-0.3, -0.25) is 4.79 Å². The van der Waals surface area contributed by atoms with Crippen LogP contribution in [0.4, 0.5) is 0 Å². The minimum atomic E-state index is -1.04. The smallest absolute Gasteiger partial charge is 0.326 e. The monoisotopic (exact) mass is 313 g/mol. The summed E-state index contributed by atoms with van der Waals surface area (Å²) in [6.07, 6.45) is 1.21. The number of carboxylic acid groups (broad SMARTS) is 1. The molecule has 23 heavy (non-hydrogen) atoms. The maximum atomic E-state index is 12.1. The molecule has 0 spiro atoms. The Morgan fingerprint density at radius 2 is 2.00 bits per heavy atom. The topological polar surface area (TPSA) is 75.6 Å². The zero-order chi connectivity index (χ0) is 16.2. The summed E-state index contributed by atoms with van der Waals surface area (Å²) < 4.78 is 5.30. The van der Waals surface area contributed by atoms with Crippen LogP contribution in [0, 0.1) is 0 Å². The highest BCUT2D eigenvalue weighted by Crippen LogP contribution is 2.17. The molecule has 0 aliphatic carbocycles. The zero-order valence-corrected chi connectivity index (χ0v) is 12.7. The van der Waals surface area contributed by atoms with Crippen LogP contribution in [0.15, 0.2) is 42.5 Å². The van der Waals surface area contributed by atoms with Gasteiger partial charge in [0, 0.05) is 13.0 Å². The largest absolute Gasteiger partial charge is 0.480 e. The lowest BCUT2D eigenvalue weighted by molar-refractivity contribution is -0.143. The maximum Gasteiger partial charge on any atom is 0.326 e. The highest BCUT2D eigenvalue weighted by molar-refractivity contribution is 5.87. The highest BCUT2D eigenvalue weighted by Gasteiger charge is 2.28. The molecule has 0 unspecified atom stereocenters. The first kappa shape index (κ1) is 15.5. The van der Waals surface area contributed by atoms with Crippen LogP contribution in [-0.2, 0) is 20.7 Å². The molecule has 1 aliphatic rings. The van der Waals surface area contributed by atoms with Crippen molar-refractivity contribution in [3.63, 3.8) is 0 Å². The minimum absolute atomic E-state index is 0.249. The van der Waals surface area contributed by atoms with Crippen molar-refractivity contribution in [2.24, 2.45) is 0 Å². The van der Waals surface area contributed by atoms with Crippen molar-refractivity contribution in [1.82, 2.24) is 5.32 Å². The van der Waals surface area contributed by atoms with Crippen LogP contribution in [0.25, 0.3) is 10.8 Å². The van der Waals surface area contributed by atoms with Crippen molar-refractivity contribution in [1.29, 1.82) is 0 Å². The number of nitrogens with one attached hydrogen (secondary N) is 1. The molecule has 5 nitrogen and oxygen atoms in total. The van der Waals surface area contributed by atoms with Crippen LogP contribution in [-0.4, -0.2) is 35.7 Å². The van der Waals surface area contributed by atoms with E-state index >= 15 is 0 Å². The van der Waals surface area contributed by atoms with Crippen molar-refractivity contribution in [3.05, 3.63) is 48.0 Å². The lowest BCUT2D eigenvalue weighted by atomic mass is 10.0. The first-order valence-electron chi connectivity index (χ1n) is 7.76. The van der Waals surface area contributed by atoms with Crippen molar-refractivity contribution < 1.29 is 19.4 Å². The van der Waals surface area contributed by atoms with E-state index in [4.69, 9.17) is 4.74 Å². The summed E-state index contributed by atoms with van der Waals surface area (Å²) in [6, 6.07) is 12.8. The fraction of sp³-hybridized carbons (Fsp3) is 0.333. The summed E-state index contributed by atoms with van der Waals surface area (Å²) in [6.45, 7) is 0.556. The molecule has 0 aromatic heterocycles. The fourth-order valence-corrected chi connectivity index (χ4v) is 2.85. The SMILES string of the molecule is O=C(O)[C@H](Cc1ccc2ccccc2c1)NC(=O)[C@H]1CCCO1. The van der Waals surface area contributed by atoms with Gasteiger partial charge in [0.1, 0.15) is 12.1 Å². The number of hydrogen-bond acceptors (Lipinski definition) is 3. The molecule has 1 heterocycles. The predicted octanol–water partition coefficient (Wildman–Crippen LogP) is 2.13. The molecular weight excluding hydrogens is 294 g/mol. The van der Waals surface area contributed by atoms with E-state index in [0.29, 0.717) is 13.0 Å². The lowest BCUT2D eigenvalue weighted by Gasteiger charge is -2.17. The van der Waals surface area contributed by atoms with Crippen molar-refractivity contribution >= 4 is 22.6 Å². The average molecular weight is 313 g/mol. The molecule has 2 aromatic rings. The van der Waals surface area contributed by atoms with E-state index in [9.17, 15) is 14.7 Å². The number of rotatable bonds is 5. The van der Waals surface area contributed by atoms with Gasteiger partial charge in [0.25, 0.3) is 0 Å². The van der Waals surface area contributed by atoms with Gasteiger partial charge in [-0.05, 0) is 29.2 Å². The van der Waals surface area contributed by atoms with Gasteiger partial charge in [-0.1, -0.05) is 42.5 Å². The third-order valence-corrected chi connectivity index (χ3v) is 4.09. The Labute approximate surface area is 134 Å². The second-order valence-corrected chi connectivity index (χ2v) is 5.79. The van der Waals surface area contributed by atoms with Crippen LogP contribution in [0.2, 0.25) is 0 Å². The Morgan fingerprint density at radius 1 is 1.22 bits per heavy atom. The molecule has 5 heteroatoms. The van der Waals surface area contributed by atoms with Gasteiger partial charge in [-0.25, -0.2) is 4.79 Å². The standard InChI is InChI=1S/C18H19NO4/c20-17(16-6-3-9-23-16)19-15(18(21)22)11-12-7-8-13-4-1-2-5-14(13)10-12/h1-2,4-5,7-8,10,15-16H,3,6,9,11H2,(H,19,20)(H,21,22)/t15-,16+/m0/s1. The Balaban J connectivity index is 1.72. The molecule has 0 bridgehead atoms. The minimum Gasteiger partial charge on any atom is -0.480 e. The van der Waals surface area contributed by atoms with E-state index in [1.54, 1.807) is 0 Å². The maximum absolute atomic E-state index is 12.1. The molecule has 2 aromatic carbocycles. The molecule has 2 N–H and O–H groups in total. The summed E-state index contributed by atoms with van der Waals surface area (Å²) in [5.41, 5.74) is 0.878. The summed E-state index contributed by atoms with van der Waals surface area (Å²) in [4.78, 5) is 23.5. The molecule has 120 valence electrons. The van der Waals surface area contributed by atoms with E-state index in [-0.39, 0.29) is 12.3 Å². The van der Waals surface area contributed by atoms with Crippen LogP contribution in [0.3, 0.4) is 0 Å². The lowest BCUT2D eigenvalue weighted by Crippen LogP contribution is -2.46. The Morgan fingerprint density at radius 3 is 2.70 bits per heavy atom. The molecule has 1 saturated heterocycles. The van der Waals surface area contributed by atoms with E-state index in [1.807, 2.05) is 42.5 Å². The van der Waals surface area contributed by atoms with Crippen molar-refractivity contribution in [2.45, 2.75) is 31.4 Å². The number of carboxylic acids is 1. The molecule has 3 rings (SSSR count). The Hall–Kier alpha value is -2.40. The van der Waals surface area contributed by atoms with Crippen LogP contribution < -0.4 is 5.32 Å². The van der Waals surface area contributed by atoms with Gasteiger partial charge in [-0.15, -0.1) is 0 Å². The van der Waals surface area contributed by atoms with Gasteiger partial charge >= 0.3 is 5.97 Å². The molecule has 1 aliphatic heterocycles. The molecular formula is C18H19NO4. The molecule has 1 fully saturated rings. The van der Waals surface area contributed by atoms with Gasteiger partial charge < -0.3 is 15.2 Å². The summed E-state index contributed by atoms with van der Waals surface area (Å²) in [5, 5.41) is 14.1. The number of ether oxygens (including phenoxy) is 1. The van der Waals surface area contributed by atoms with Crippen molar-refractivity contribution in [3.8, 4) is 0 Å². The van der Waals surface area contributed by atoms with Crippen molar-refractivity contribution in [2.75, 3.05) is 6.61 Å². The first-order valence-corrected chi connectivity index (χ1v) is 7.76. The van der Waals surface area contributed by atoms with Gasteiger partial charge in [-0.2, -0.15) is 0 Å². The Kier molecular flexibility index (Phi) is 4.57. The summed E-state index contributed by atoms with van der Waals surface area (Å²) in [7, 11) is 0. The number of hydrogen-bond donors (Lipinski definition) is 2. The second-order valence-electron chi connectivity index (χ2n) is 5.79. The van der Waals surface area contributed by atoms with Gasteiger partial charge in [0.15, 0.2) is 0 Å². The van der Waals surface area contributed by atoms with Crippen LogP contribution in [0.5, 0.6) is 0 Å². The second kappa shape index (κ2) is 6.79. The van der Waals surface area contributed by atoms with E-state index in [1.165, 1.54) is 0 Å². The number of carbonyl (C=O) groups excluding carboxylic acids is 1. The zero-order valence-electron chi connectivity index (χ0n) is 12.7. The predicted molar refractivity (Wildman–Crippen MR) is 86.2 cm³/mol. The number of aliphatic carboxylic acids is 1. The average Bonchev–Trinajstić information content (AvgIpc) is 3.08. The first-order chi connectivity index (χ1) is 11.1. The molecule has 0 radical (unpaired) electrons. The third-order valence-electron chi connectivity index (χ3n) is 4.09. The van der Waals surface area contributed by atoms with Crippen LogP contribution in [0.1, 0.15) is 18.4 Å². The number of benzene rings is 2. The van der Waals surface area contributed by atoms with E-state index in [2.05, 4.69) is 5.32 Å². The fourth-order valence-electron chi connectivity index (χ4n) is 2.85. The summed E-state index contributed by atoms with van der Waals surface area (Å²) in [5.74, 6) is -1.37. The normalized spacial score (nSPS) is 18.7. The number of fused-ring (bicyclic) bond motifs is 1. The van der Waals surface area contributed by atoms with E-state index < -0.39 is 18.1 Å². The molecule has 2 atom stereocenters. The highest BCUT2D eigenvalue weighted by atomic mass is 16.5. The molecule has 0 saturated carbocycles. The summed E-state index contributed by atoms with van der Waals surface area (Å²) >= 11 is 0. The van der Waals surface area contributed by atoms with Crippen LogP contribution >= 0.6 is 0 Å². The van der Waals surface area contributed by atoms with Gasteiger partial charge in [0.2, 0.25) is 5.91 Å². The van der Waals surface area contributed by atoms with Gasteiger partial charge in [0.05, 0.1) is 0 Å². The number of amides is 1. The molecule has 1 amide bonds.